The van der Waals surface area contributed by atoms with Crippen molar-refractivity contribution in [3.8, 4) is 21.8 Å². The Labute approximate surface area is 162 Å². The fourth-order valence-corrected chi connectivity index (χ4v) is 4.47. The molecule has 138 valence electrons. The first-order valence-corrected chi connectivity index (χ1v) is 9.43. The van der Waals surface area contributed by atoms with E-state index in [9.17, 15) is 8.78 Å². The normalized spacial score (nSPS) is 13.5. The first kappa shape index (κ1) is 16.9. The average Bonchev–Trinajstić information content (AvgIpc) is 3.41. The second kappa shape index (κ2) is 6.42. The van der Waals surface area contributed by atoms with Crippen molar-refractivity contribution < 1.29 is 8.78 Å². The number of fused-ring (bicyclic) bond motifs is 1. The number of pyridine rings is 1. The largest absolute Gasteiger partial charge is 0.240 e. The summed E-state index contributed by atoms with van der Waals surface area (Å²) >= 11 is 1.39. The molecule has 28 heavy (non-hydrogen) atoms. The monoisotopic (exact) mass is 393 g/mol. The number of hydrogen-bond donors (Lipinski definition) is 0. The highest BCUT2D eigenvalue weighted by atomic mass is 32.1. The first-order valence-electron chi connectivity index (χ1n) is 8.62. The van der Waals surface area contributed by atoms with Crippen LogP contribution < -0.4 is 0 Å². The van der Waals surface area contributed by atoms with E-state index in [0.29, 0.717) is 27.7 Å². The Morgan fingerprint density at radius 3 is 2.82 bits per heavy atom. The van der Waals surface area contributed by atoms with Crippen molar-refractivity contribution in [3.05, 3.63) is 64.8 Å². The Morgan fingerprint density at radius 2 is 2.00 bits per heavy atom. The zero-order valence-corrected chi connectivity index (χ0v) is 15.5. The van der Waals surface area contributed by atoms with Crippen LogP contribution in [0.3, 0.4) is 0 Å². The van der Waals surface area contributed by atoms with Crippen molar-refractivity contribution >= 4 is 28.8 Å². The molecule has 1 aliphatic rings. The predicted octanol–water partition coefficient (Wildman–Crippen LogP) is 4.89. The van der Waals surface area contributed by atoms with Crippen LogP contribution >= 0.6 is 11.3 Å². The zero-order valence-electron chi connectivity index (χ0n) is 14.7. The molecule has 0 saturated carbocycles. The minimum Gasteiger partial charge on any atom is -0.240 e. The van der Waals surface area contributed by atoms with Gasteiger partial charge in [-0.2, -0.15) is 15.3 Å². The SMILES string of the molecule is Cc1nn2ccccc2c1-c1nc(-c2cccc(F)c2F)c(C2=NN=CC2)s1. The molecule has 0 atom stereocenters. The van der Waals surface area contributed by atoms with Crippen LogP contribution in [0.25, 0.3) is 27.3 Å². The molecule has 5 rings (SSSR count). The standard InChI is InChI=1S/C20H13F2N5S/c1-11-16(15-7-2-3-10-27(15)26-11)20-24-18(12-5-4-6-13(21)17(12)22)19(28-20)14-8-9-23-25-14/h2-7,9-10H,8H2,1H3. The van der Waals surface area contributed by atoms with Gasteiger partial charge in [-0.15, -0.1) is 11.3 Å². The number of halogens is 2. The number of nitrogens with zero attached hydrogens (tertiary/aromatic N) is 5. The van der Waals surface area contributed by atoms with E-state index in [2.05, 4.69) is 15.3 Å². The lowest BCUT2D eigenvalue weighted by Gasteiger charge is -2.03. The second-order valence-electron chi connectivity index (χ2n) is 6.34. The molecule has 0 spiro atoms. The van der Waals surface area contributed by atoms with Crippen molar-refractivity contribution in [1.82, 2.24) is 14.6 Å². The predicted molar refractivity (Wildman–Crippen MR) is 106 cm³/mol. The fraction of sp³-hybridized carbons (Fsp3) is 0.100. The number of rotatable bonds is 3. The smallest absolute Gasteiger partial charge is 0.168 e. The van der Waals surface area contributed by atoms with E-state index in [1.165, 1.54) is 23.5 Å². The van der Waals surface area contributed by atoms with E-state index >= 15 is 0 Å². The van der Waals surface area contributed by atoms with Crippen LogP contribution in [0.4, 0.5) is 8.78 Å². The number of aromatic nitrogens is 3. The molecule has 1 aromatic carbocycles. The Balaban J connectivity index is 1.77. The zero-order chi connectivity index (χ0) is 19.3. The van der Waals surface area contributed by atoms with Crippen LogP contribution in [0.5, 0.6) is 0 Å². The summed E-state index contributed by atoms with van der Waals surface area (Å²) in [6, 6.07) is 9.88. The molecule has 8 heteroatoms. The third-order valence-electron chi connectivity index (χ3n) is 4.57. The van der Waals surface area contributed by atoms with Crippen molar-refractivity contribution in [2.75, 3.05) is 0 Å². The molecule has 4 aromatic rings. The number of benzene rings is 1. The highest BCUT2D eigenvalue weighted by molar-refractivity contribution is 7.17. The maximum Gasteiger partial charge on any atom is 0.168 e. The van der Waals surface area contributed by atoms with Gasteiger partial charge in [-0.3, -0.25) is 0 Å². The summed E-state index contributed by atoms with van der Waals surface area (Å²) in [5.74, 6) is -1.83. The maximum atomic E-state index is 14.5. The van der Waals surface area contributed by atoms with Crippen LogP contribution in [-0.2, 0) is 0 Å². The summed E-state index contributed by atoms with van der Waals surface area (Å²) in [4.78, 5) is 5.39. The lowest BCUT2D eigenvalue weighted by molar-refractivity contribution is 0.511. The summed E-state index contributed by atoms with van der Waals surface area (Å²) in [7, 11) is 0. The number of aryl methyl sites for hydroxylation is 1. The number of thiazole rings is 1. The van der Waals surface area contributed by atoms with E-state index in [4.69, 9.17) is 4.98 Å². The minimum absolute atomic E-state index is 0.112. The van der Waals surface area contributed by atoms with Crippen LogP contribution in [0, 0.1) is 18.6 Å². The quantitative estimate of drug-likeness (QED) is 0.498. The lowest BCUT2D eigenvalue weighted by Crippen LogP contribution is -1.99. The van der Waals surface area contributed by atoms with Gasteiger partial charge in [0.2, 0.25) is 0 Å². The van der Waals surface area contributed by atoms with Gasteiger partial charge in [0.25, 0.3) is 0 Å². The Morgan fingerprint density at radius 1 is 1.11 bits per heavy atom. The molecular formula is C20H13F2N5S. The second-order valence-corrected chi connectivity index (χ2v) is 7.34. The summed E-state index contributed by atoms with van der Waals surface area (Å²) in [6.07, 6.45) is 4.07. The van der Waals surface area contributed by atoms with Gasteiger partial charge in [0.15, 0.2) is 11.6 Å². The van der Waals surface area contributed by atoms with Crippen molar-refractivity contribution in [2.24, 2.45) is 10.2 Å². The van der Waals surface area contributed by atoms with Gasteiger partial charge in [-0.05, 0) is 31.2 Å². The van der Waals surface area contributed by atoms with Crippen LogP contribution in [0.1, 0.15) is 17.0 Å². The highest BCUT2D eigenvalue weighted by Gasteiger charge is 2.25. The molecule has 0 unspecified atom stereocenters. The summed E-state index contributed by atoms with van der Waals surface area (Å²) in [5.41, 5.74) is 3.75. The summed E-state index contributed by atoms with van der Waals surface area (Å²) < 4.78 is 30.2. The molecule has 0 fully saturated rings. The highest BCUT2D eigenvalue weighted by Crippen LogP contribution is 2.39. The maximum absolute atomic E-state index is 14.5. The molecule has 0 bridgehead atoms. The molecule has 0 saturated heterocycles. The molecular weight excluding hydrogens is 380 g/mol. The van der Waals surface area contributed by atoms with E-state index in [1.54, 1.807) is 10.7 Å². The summed E-state index contributed by atoms with van der Waals surface area (Å²) in [5, 5.41) is 13.3. The van der Waals surface area contributed by atoms with Crippen molar-refractivity contribution in [1.29, 1.82) is 0 Å². The van der Waals surface area contributed by atoms with E-state index in [0.717, 1.165) is 22.8 Å². The van der Waals surface area contributed by atoms with Gasteiger partial charge in [0.05, 0.1) is 33.1 Å². The third-order valence-corrected chi connectivity index (χ3v) is 5.69. The molecule has 4 heterocycles. The van der Waals surface area contributed by atoms with Gasteiger partial charge in [0, 0.05) is 24.4 Å². The van der Waals surface area contributed by atoms with Gasteiger partial charge in [-0.1, -0.05) is 12.1 Å². The molecule has 5 nitrogen and oxygen atoms in total. The Hall–Kier alpha value is -3.26. The van der Waals surface area contributed by atoms with Gasteiger partial charge in [-0.25, -0.2) is 18.3 Å². The Bertz CT molecular complexity index is 1290. The van der Waals surface area contributed by atoms with E-state index in [-0.39, 0.29) is 5.56 Å². The molecule has 0 N–H and O–H groups in total. The molecule has 0 aliphatic carbocycles. The van der Waals surface area contributed by atoms with E-state index in [1.807, 2.05) is 31.3 Å². The summed E-state index contributed by atoms with van der Waals surface area (Å²) in [6.45, 7) is 1.90. The average molecular weight is 393 g/mol. The van der Waals surface area contributed by atoms with Gasteiger partial charge < -0.3 is 0 Å². The molecule has 0 radical (unpaired) electrons. The van der Waals surface area contributed by atoms with Crippen molar-refractivity contribution in [3.63, 3.8) is 0 Å². The minimum atomic E-state index is -0.920. The van der Waals surface area contributed by atoms with Gasteiger partial charge in [0.1, 0.15) is 5.01 Å². The third kappa shape index (κ3) is 2.56. The van der Waals surface area contributed by atoms with E-state index < -0.39 is 11.6 Å². The fourth-order valence-electron chi connectivity index (χ4n) is 3.29. The van der Waals surface area contributed by atoms with Crippen molar-refractivity contribution in [2.45, 2.75) is 13.3 Å². The number of hydrogen-bond acceptors (Lipinski definition) is 5. The van der Waals surface area contributed by atoms with Crippen LogP contribution in [0.15, 0.2) is 52.8 Å². The van der Waals surface area contributed by atoms with Crippen LogP contribution in [-0.4, -0.2) is 26.5 Å². The molecule has 0 amide bonds. The first-order chi connectivity index (χ1) is 13.6. The van der Waals surface area contributed by atoms with Crippen LogP contribution in [0.2, 0.25) is 0 Å². The molecule has 3 aromatic heterocycles. The molecule has 1 aliphatic heterocycles. The Kier molecular flexibility index (Phi) is 3.87. The topological polar surface area (TPSA) is 54.9 Å². The van der Waals surface area contributed by atoms with Gasteiger partial charge >= 0.3 is 0 Å². The lowest BCUT2D eigenvalue weighted by atomic mass is 10.1.